The molecule has 9 nitrogen and oxygen atoms in total. The molecule has 96 valence electrons. The van der Waals surface area contributed by atoms with Crippen LogP contribution < -0.4 is 5.73 Å². The number of hydrogen-bond donors (Lipinski definition) is 6. The molecule has 0 aromatic rings. The first-order valence-corrected chi connectivity index (χ1v) is 5.91. The first-order chi connectivity index (χ1) is 7.26. The topological polar surface area (TPSA) is 163 Å². The van der Waals surface area contributed by atoms with Gasteiger partial charge in [-0.3, -0.25) is 4.52 Å². The number of rotatable bonds is 3. The van der Waals surface area contributed by atoms with Gasteiger partial charge in [-0.1, -0.05) is 0 Å². The molecule has 1 heterocycles. The summed E-state index contributed by atoms with van der Waals surface area (Å²) in [6.45, 7) is -0.622. The van der Waals surface area contributed by atoms with Crippen molar-refractivity contribution in [3.05, 3.63) is 0 Å². The number of phosphoric ester groups is 1. The minimum Gasteiger partial charge on any atom is -0.394 e. The van der Waals surface area contributed by atoms with Crippen LogP contribution in [0.5, 0.6) is 0 Å². The number of hydrogen-bond acceptors (Lipinski definition) is 7. The molecule has 1 aliphatic heterocycles. The van der Waals surface area contributed by atoms with Crippen molar-refractivity contribution in [2.45, 2.75) is 30.6 Å². The van der Waals surface area contributed by atoms with E-state index < -0.39 is 45.1 Å². The van der Waals surface area contributed by atoms with E-state index in [1.165, 1.54) is 0 Å². The molecule has 0 aliphatic carbocycles. The molecule has 1 fully saturated rings. The number of nitrogens with two attached hydrogens (primary N) is 1. The molecule has 0 bridgehead atoms. The molecule has 5 atom stereocenters. The Hall–Kier alpha value is -0.0900. The van der Waals surface area contributed by atoms with Crippen molar-refractivity contribution in [3.63, 3.8) is 0 Å². The zero-order valence-corrected chi connectivity index (χ0v) is 8.97. The lowest BCUT2D eigenvalue weighted by atomic mass is 9.97. The van der Waals surface area contributed by atoms with Gasteiger partial charge in [-0.25, -0.2) is 4.57 Å². The Morgan fingerprint density at radius 2 is 1.88 bits per heavy atom. The number of ether oxygens (including phenoxy) is 1. The standard InChI is InChI=1S/C6H14NO8P/c7-3-4(9)2(1-8)14-6(5(3)10)15-16(11,12)13/h2-6,8-10H,1,7H2,(H2,11,12,13)/t2-,3-,4-,5-,6+/m1/s1. The SMILES string of the molecule is N[C@H]1[C@@H](O)[C@H](OP(=O)(O)O)O[C@H](CO)[C@H]1O. The third-order valence-corrected chi connectivity index (χ3v) is 2.66. The molecule has 7 N–H and O–H groups in total. The van der Waals surface area contributed by atoms with Gasteiger partial charge >= 0.3 is 7.82 Å². The Bertz CT molecular complexity index is 280. The average Bonchev–Trinajstić information content (AvgIpc) is 2.17. The molecule has 0 spiro atoms. The lowest BCUT2D eigenvalue weighted by molar-refractivity contribution is -0.251. The van der Waals surface area contributed by atoms with E-state index in [-0.39, 0.29) is 0 Å². The number of aliphatic hydroxyl groups excluding tert-OH is 3. The second kappa shape index (κ2) is 5.05. The van der Waals surface area contributed by atoms with E-state index >= 15 is 0 Å². The van der Waals surface area contributed by atoms with Gasteiger partial charge in [0.15, 0.2) is 6.29 Å². The predicted molar refractivity (Wildman–Crippen MR) is 48.9 cm³/mol. The maximum Gasteiger partial charge on any atom is 0.472 e. The highest BCUT2D eigenvalue weighted by Crippen LogP contribution is 2.40. The van der Waals surface area contributed by atoms with Gasteiger partial charge in [0, 0.05) is 0 Å². The van der Waals surface area contributed by atoms with Crippen molar-refractivity contribution < 1.29 is 38.9 Å². The van der Waals surface area contributed by atoms with Gasteiger partial charge in [0.25, 0.3) is 0 Å². The molecule has 0 aromatic carbocycles. The van der Waals surface area contributed by atoms with Crippen LogP contribution in [0.2, 0.25) is 0 Å². The van der Waals surface area contributed by atoms with Crippen molar-refractivity contribution in [2.24, 2.45) is 5.73 Å². The Labute approximate surface area is 90.6 Å². The summed E-state index contributed by atoms with van der Waals surface area (Å²) < 4.78 is 19.4. The Kier molecular flexibility index (Phi) is 4.41. The first-order valence-electron chi connectivity index (χ1n) is 4.38. The first kappa shape index (κ1) is 14.0. The maximum absolute atomic E-state index is 10.5. The predicted octanol–water partition coefficient (Wildman–Crippen LogP) is -3.14. The average molecular weight is 259 g/mol. The fourth-order valence-electron chi connectivity index (χ4n) is 1.34. The summed E-state index contributed by atoms with van der Waals surface area (Å²) in [5.41, 5.74) is 5.37. The molecular formula is C6H14NO8P. The van der Waals surface area contributed by atoms with E-state index in [1.807, 2.05) is 0 Å². The normalized spacial score (nSPS) is 41.0. The molecule has 1 rings (SSSR count). The van der Waals surface area contributed by atoms with E-state index in [2.05, 4.69) is 4.52 Å². The monoisotopic (exact) mass is 259 g/mol. The third-order valence-electron chi connectivity index (χ3n) is 2.18. The van der Waals surface area contributed by atoms with Crippen LogP contribution in [-0.2, 0) is 13.8 Å². The van der Waals surface area contributed by atoms with E-state index in [9.17, 15) is 14.8 Å². The summed E-state index contributed by atoms with van der Waals surface area (Å²) in [5.74, 6) is 0. The number of aliphatic hydroxyl groups is 3. The second-order valence-electron chi connectivity index (χ2n) is 3.38. The van der Waals surface area contributed by atoms with E-state index in [4.69, 9.17) is 25.4 Å². The largest absolute Gasteiger partial charge is 0.472 e. The van der Waals surface area contributed by atoms with Gasteiger partial charge in [-0.05, 0) is 0 Å². The maximum atomic E-state index is 10.5. The van der Waals surface area contributed by atoms with Crippen molar-refractivity contribution >= 4 is 7.82 Å². The second-order valence-corrected chi connectivity index (χ2v) is 4.57. The summed E-state index contributed by atoms with van der Waals surface area (Å²) in [6, 6.07) is -1.23. The Balaban J connectivity index is 2.75. The zero-order valence-electron chi connectivity index (χ0n) is 8.08. The molecule has 0 aromatic heterocycles. The summed E-state index contributed by atoms with van der Waals surface area (Å²) in [4.78, 5) is 17.1. The van der Waals surface area contributed by atoms with Crippen LogP contribution in [0.4, 0.5) is 0 Å². The van der Waals surface area contributed by atoms with Crippen LogP contribution in [0.25, 0.3) is 0 Å². The van der Waals surface area contributed by atoms with E-state index in [1.54, 1.807) is 0 Å². The van der Waals surface area contributed by atoms with Gasteiger partial charge in [-0.2, -0.15) is 0 Å². The van der Waals surface area contributed by atoms with Crippen molar-refractivity contribution in [3.8, 4) is 0 Å². The van der Waals surface area contributed by atoms with Crippen molar-refractivity contribution in [2.75, 3.05) is 6.61 Å². The summed E-state index contributed by atoms with van der Waals surface area (Å²) in [7, 11) is -4.86. The highest BCUT2D eigenvalue weighted by atomic mass is 31.2. The number of phosphoric acid groups is 1. The van der Waals surface area contributed by atoms with Crippen molar-refractivity contribution in [1.82, 2.24) is 0 Å². The lowest BCUT2D eigenvalue weighted by Crippen LogP contribution is -2.62. The summed E-state index contributed by atoms with van der Waals surface area (Å²) in [5, 5.41) is 27.6. The molecule has 0 saturated carbocycles. The molecular weight excluding hydrogens is 245 g/mol. The van der Waals surface area contributed by atoms with Crippen LogP contribution >= 0.6 is 7.82 Å². The lowest BCUT2D eigenvalue weighted by Gasteiger charge is -2.40. The van der Waals surface area contributed by atoms with Gasteiger partial charge in [-0.15, -0.1) is 0 Å². The van der Waals surface area contributed by atoms with Gasteiger partial charge < -0.3 is 35.6 Å². The summed E-state index contributed by atoms with van der Waals surface area (Å²) in [6.07, 6.45) is -5.83. The molecule has 0 radical (unpaired) electrons. The fourth-order valence-corrected chi connectivity index (χ4v) is 1.78. The minimum atomic E-state index is -4.86. The molecule has 10 heteroatoms. The molecule has 1 aliphatic rings. The van der Waals surface area contributed by atoms with Crippen LogP contribution in [0.15, 0.2) is 0 Å². The highest BCUT2D eigenvalue weighted by Gasteiger charge is 2.45. The smallest absolute Gasteiger partial charge is 0.394 e. The quantitative estimate of drug-likeness (QED) is 0.287. The Morgan fingerprint density at radius 1 is 1.31 bits per heavy atom. The third kappa shape index (κ3) is 3.20. The van der Waals surface area contributed by atoms with Gasteiger partial charge in [0.05, 0.1) is 12.6 Å². The van der Waals surface area contributed by atoms with Crippen LogP contribution in [0.1, 0.15) is 0 Å². The van der Waals surface area contributed by atoms with Crippen LogP contribution in [0, 0.1) is 0 Å². The van der Waals surface area contributed by atoms with Crippen LogP contribution in [0.3, 0.4) is 0 Å². The van der Waals surface area contributed by atoms with Gasteiger partial charge in [0.1, 0.15) is 18.3 Å². The molecule has 0 amide bonds. The van der Waals surface area contributed by atoms with Gasteiger partial charge in [0.2, 0.25) is 0 Å². The fraction of sp³-hybridized carbons (Fsp3) is 1.00. The minimum absolute atomic E-state index is 0.622. The van der Waals surface area contributed by atoms with E-state index in [0.29, 0.717) is 0 Å². The van der Waals surface area contributed by atoms with Crippen LogP contribution in [-0.4, -0.2) is 62.4 Å². The molecule has 0 unspecified atom stereocenters. The zero-order chi connectivity index (χ0) is 12.5. The van der Waals surface area contributed by atoms with Crippen molar-refractivity contribution in [1.29, 1.82) is 0 Å². The summed E-state index contributed by atoms with van der Waals surface area (Å²) >= 11 is 0. The molecule has 16 heavy (non-hydrogen) atoms. The van der Waals surface area contributed by atoms with E-state index in [0.717, 1.165) is 0 Å². The highest BCUT2D eigenvalue weighted by molar-refractivity contribution is 7.46. The molecule has 1 saturated heterocycles. The Morgan fingerprint density at radius 3 is 2.31 bits per heavy atom.